The lowest BCUT2D eigenvalue weighted by atomic mass is 10.1. The Morgan fingerprint density at radius 2 is 2.23 bits per heavy atom. The Labute approximate surface area is 154 Å². The number of methoxy groups -OCH3 is 1. The molecule has 0 unspecified atom stereocenters. The maximum absolute atomic E-state index is 12.9. The van der Waals surface area contributed by atoms with Gasteiger partial charge in [0, 0.05) is 19.3 Å². The van der Waals surface area contributed by atoms with E-state index in [1.54, 1.807) is 35.4 Å². The van der Waals surface area contributed by atoms with Crippen molar-refractivity contribution >= 4 is 40.9 Å². The van der Waals surface area contributed by atoms with E-state index in [0.29, 0.717) is 18.2 Å². The first kappa shape index (κ1) is 16.6. The number of hydrogen-bond acceptors (Lipinski definition) is 6. The van der Waals surface area contributed by atoms with Crippen LogP contribution in [0.25, 0.3) is 0 Å². The number of rotatable bonds is 2. The van der Waals surface area contributed by atoms with Gasteiger partial charge >= 0.3 is 12.0 Å². The average molecular weight is 374 g/mol. The Balaban J connectivity index is 1.75. The SMILES string of the molecule is COC(=O)c1nc2c(cc1Cl)N1CC[C@@H](C1)N2C(=O)Nc1ccccn1. The number of pyridine rings is 2. The van der Waals surface area contributed by atoms with E-state index in [1.807, 2.05) is 0 Å². The number of carbonyl (C=O) groups excluding carboxylic acids is 2. The van der Waals surface area contributed by atoms with E-state index in [1.165, 1.54) is 7.11 Å². The molecule has 2 aliphatic heterocycles. The first-order chi connectivity index (χ1) is 12.6. The van der Waals surface area contributed by atoms with Crippen LogP contribution in [0.2, 0.25) is 5.02 Å². The topological polar surface area (TPSA) is 87.7 Å². The van der Waals surface area contributed by atoms with Gasteiger partial charge in [0.1, 0.15) is 5.82 Å². The van der Waals surface area contributed by atoms with Crippen molar-refractivity contribution in [3.8, 4) is 0 Å². The highest BCUT2D eigenvalue weighted by molar-refractivity contribution is 6.33. The summed E-state index contributed by atoms with van der Waals surface area (Å²) in [5.74, 6) is 0.203. The molecule has 0 radical (unpaired) electrons. The van der Waals surface area contributed by atoms with Gasteiger partial charge in [-0.05, 0) is 24.6 Å². The Morgan fingerprint density at radius 1 is 1.38 bits per heavy atom. The molecular formula is C17H16ClN5O3. The molecule has 1 N–H and O–H groups in total. The van der Waals surface area contributed by atoms with Gasteiger partial charge in [0.15, 0.2) is 11.5 Å². The zero-order valence-electron chi connectivity index (χ0n) is 14.0. The standard InChI is InChI=1S/C17H16ClN5O3/c1-26-16(24)14-11(18)8-12-15(21-14)23(10-5-7-22(12)9-10)17(25)20-13-4-2-3-6-19-13/h2-4,6,8,10H,5,7,9H2,1H3,(H,19,20,25)/t10-/m0/s1. The molecule has 4 rings (SSSR count). The van der Waals surface area contributed by atoms with Crippen LogP contribution < -0.4 is 15.1 Å². The lowest BCUT2D eigenvalue weighted by Crippen LogP contribution is -2.48. The molecule has 2 aromatic heterocycles. The van der Waals surface area contributed by atoms with Crippen molar-refractivity contribution in [3.63, 3.8) is 0 Å². The summed E-state index contributed by atoms with van der Waals surface area (Å²) in [6.45, 7) is 1.48. The number of urea groups is 1. The van der Waals surface area contributed by atoms with Gasteiger partial charge in [-0.15, -0.1) is 0 Å². The van der Waals surface area contributed by atoms with E-state index >= 15 is 0 Å². The normalized spacial score (nSPS) is 17.7. The fourth-order valence-corrected chi connectivity index (χ4v) is 3.55. The predicted octanol–water partition coefficient (Wildman–Crippen LogP) is 2.55. The van der Waals surface area contributed by atoms with Crippen LogP contribution in [0.4, 0.5) is 22.1 Å². The third-order valence-corrected chi connectivity index (χ3v) is 4.82. The van der Waals surface area contributed by atoms with Gasteiger partial charge in [0.2, 0.25) is 0 Å². The van der Waals surface area contributed by atoms with Gasteiger partial charge in [-0.1, -0.05) is 17.7 Å². The molecule has 1 fully saturated rings. The van der Waals surface area contributed by atoms with Crippen molar-refractivity contribution in [2.45, 2.75) is 12.5 Å². The number of nitrogens with one attached hydrogen (secondary N) is 1. The summed E-state index contributed by atoms with van der Waals surface area (Å²) < 4.78 is 4.74. The van der Waals surface area contributed by atoms with E-state index in [4.69, 9.17) is 16.3 Å². The summed E-state index contributed by atoms with van der Waals surface area (Å²) >= 11 is 6.21. The van der Waals surface area contributed by atoms with Crippen LogP contribution in [0.1, 0.15) is 16.9 Å². The number of fused-ring (bicyclic) bond motifs is 4. The number of aromatic nitrogens is 2. The Hall–Kier alpha value is -2.87. The van der Waals surface area contributed by atoms with Gasteiger partial charge in [-0.25, -0.2) is 19.6 Å². The fourth-order valence-electron chi connectivity index (χ4n) is 3.33. The van der Waals surface area contributed by atoms with Crippen LogP contribution >= 0.6 is 11.6 Å². The first-order valence-corrected chi connectivity index (χ1v) is 8.51. The number of esters is 1. The summed E-state index contributed by atoms with van der Waals surface area (Å²) in [7, 11) is 1.26. The molecule has 26 heavy (non-hydrogen) atoms. The van der Waals surface area contributed by atoms with Gasteiger partial charge in [-0.2, -0.15) is 0 Å². The molecule has 0 spiro atoms. The van der Waals surface area contributed by atoms with E-state index < -0.39 is 5.97 Å². The Bertz CT molecular complexity index is 876. The molecule has 134 valence electrons. The van der Waals surface area contributed by atoms with Crippen molar-refractivity contribution in [1.29, 1.82) is 0 Å². The number of amides is 2. The molecule has 2 amide bonds. The van der Waals surface area contributed by atoms with Crippen molar-refractivity contribution < 1.29 is 14.3 Å². The van der Waals surface area contributed by atoms with Gasteiger partial charge in [0.25, 0.3) is 0 Å². The lowest BCUT2D eigenvalue weighted by Gasteiger charge is -2.35. The molecule has 0 aliphatic carbocycles. The molecule has 4 heterocycles. The number of anilines is 3. The minimum absolute atomic E-state index is 0.00828. The molecule has 0 saturated carbocycles. The van der Waals surface area contributed by atoms with Crippen LogP contribution in [0, 0.1) is 0 Å². The highest BCUT2D eigenvalue weighted by atomic mass is 35.5. The van der Waals surface area contributed by atoms with Crippen LogP contribution in [-0.2, 0) is 4.74 Å². The van der Waals surface area contributed by atoms with Crippen LogP contribution in [0.3, 0.4) is 0 Å². The summed E-state index contributed by atoms with van der Waals surface area (Å²) in [6, 6.07) is 6.55. The largest absolute Gasteiger partial charge is 0.464 e. The van der Waals surface area contributed by atoms with Gasteiger partial charge in [0.05, 0.1) is 23.9 Å². The molecule has 1 saturated heterocycles. The Morgan fingerprint density at radius 3 is 2.96 bits per heavy atom. The number of ether oxygens (including phenoxy) is 1. The molecule has 0 aromatic carbocycles. The van der Waals surface area contributed by atoms with Crippen molar-refractivity contribution in [2.75, 3.05) is 35.3 Å². The number of halogens is 1. The second-order valence-electron chi connectivity index (χ2n) is 6.06. The summed E-state index contributed by atoms with van der Waals surface area (Å²) in [5, 5.41) is 2.98. The summed E-state index contributed by atoms with van der Waals surface area (Å²) in [4.78, 5) is 37.1. The van der Waals surface area contributed by atoms with E-state index in [2.05, 4.69) is 20.2 Å². The molecule has 2 aromatic rings. The average Bonchev–Trinajstić information content (AvgIpc) is 3.07. The quantitative estimate of drug-likeness (QED) is 0.814. The maximum atomic E-state index is 12.9. The smallest absolute Gasteiger partial charge is 0.358 e. The second kappa shape index (κ2) is 6.45. The predicted molar refractivity (Wildman–Crippen MR) is 96.9 cm³/mol. The van der Waals surface area contributed by atoms with Crippen LogP contribution in [0.15, 0.2) is 30.5 Å². The highest BCUT2D eigenvalue weighted by Gasteiger charge is 2.41. The number of nitrogens with zero attached hydrogens (tertiary/aromatic N) is 4. The van der Waals surface area contributed by atoms with Crippen LogP contribution in [-0.4, -0.2) is 48.2 Å². The summed E-state index contributed by atoms with van der Waals surface area (Å²) in [5.41, 5.74) is 0.721. The van der Waals surface area contributed by atoms with Gasteiger partial charge < -0.3 is 9.64 Å². The lowest BCUT2D eigenvalue weighted by molar-refractivity contribution is 0.0594. The van der Waals surface area contributed by atoms with Crippen molar-refractivity contribution in [3.05, 3.63) is 41.2 Å². The Kier molecular flexibility index (Phi) is 4.12. The maximum Gasteiger partial charge on any atom is 0.358 e. The molecule has 1 atom stereocenters. The third kappa shape index (κ3) is 2.72. The van der Waals surface area contributed by atoms with Crippen LogP contribution in [0.5, 0.6) is 0 Å². The number of carbonyl (C=O) groups is 2. The molecule has 2 aliphatic rings. The second-order valence-corrected chi connectivity index (χ2v) is 6.46. The minimum Gasteiger partial charge on any atom is -0.464 e. The fraction of sp³-hybridized carbons (Fsp3) is 0.294. The van der Waals surface area contributed by atoms with E-state index in [-0.39, 0.29) is 22.8 Å². The summed E-state index contributed by atoms with van der Waals surface area (Å²) in [6.07, 6.45) is 2.40. The number of hydrogen-bond donors (Lipinski definition) is 1. The van der Waals surface area contributed by atoms with E-state index in [0.717, 1.165) is 18.7 Å². The van der Waals surface area contributed by atoms with E-state index in [9.17, 15) is 9.59 Å². The molecular weight excluding hydrogens is 358 g/mol. The third-order valence-electron chi connectivity index (χ3n) is 4.53. The van der Waals surface area contributed by atoms with Gasteiger partial charge in [-0.3, -0.25) is 10.2 Å². The molecule has 9 heteroatoms. The highest BCUT2D eigenvalue weighted by Crippen LogP contribution is 2.41. The first-order valence-electron chi connectivity index (χ1n) is 8.13. The molecule has 2 bridgehead atoms. The molecule has 8 nitrogen and oxygen atoms in total. The van der Waals surface area contributed by atoms with Crippen molar-refractivity contribution in [2.24, 2.45) is 0 Å². The zero-order valence-corrected chi connectivity index (χ0v) is 14.7. The minimum atomic E-state index is -0.643. The zero-order chi connectivity index (χ0) is 18.3. The van der Waals surface area contributed by atoms with Crippen molar-refractivity contribution in [1.82, 2.24) is 9.97 Å². The monoisotopic (exact) mass is 373 g/mol.